The average molecular weight is 243 g/mol. The fourth-order valence-corrected chi connectivity index (χ4v) is 2.56. The van der Waals surface area contributed by atoms with E-state index in [-0.39, 0.29) is 18.2 Å². The molecule has 5 heteroatoms. The Hall–Kier alpha value is -1.13. The molecule has 17 heavy (non-hydrogen) atoms. The van der Waals surface area contributed by atoms with Crippen LogP contribution in [-0.2, 0) is 9.53 Å². The van der Waals surface area contributed by atoms with E-state index in [9.17, 15) is 14.0 Å². The molecule has 0 unspecified atom stereocenters. The molecule has 2 saturated heterocycles. The van der Waals surface area contributed by atoms with E-state index in [4.69, 9.17) is 4.74 Å². The molecule has 0 aliphatic carbocycles. The molecule has 0 spiro atoms. The number of rotatable bonds is 0. The number of piperidine rings is 1. The van der Waals surface area contributed by atoms with Crippen molar-refractivity contribution in [2.75, 3.05) is 0 Å². The van der Waals surface area contributed by atoms with Crippen LogP contribution in [0.15, 0.2) is 0 Å². The van der Waals surface area contributed by atoms with Crippen molar-refractivity contribution in [3.05, 3.63) is 0 Å². The van der Waals surface area contributed by atoms with Gasteiger partial charge >= 0.3 is 6.09 Å². The normalized spacial score (nSPS) is 32.8. The van der Waals surface area contributed by atoms with Crippen LogP contribution in [0.4, 0.5) is 9.18 Å². The minimum atomic E-state index is -1.54. The minimum absolute atomic E-state index is 0.122. The zero-order valence-electron chi connectivity index (χ0n) is 10.4. The first kappa shape index (κ1) is 12.3. The maximum absolute atomic E-state index is 13.7. The Bertz CT molecular complexity index is 350. The van der Waals surface area contributed by atoms with Crippen LogP contribution in [0.2, 0.25) is 0 Å². The number of ketones is 1. The zero-order valence-corrected chi connectivity index (χ0v) is 10.4. The van der Waals surface area contributed by atoms with Crippen molar-refractivity contribution in [2.45, 2.75) is 63.9 Å². The summed E-state index contributed by atoms with van der Waals surface area (Å²) in [5.74, 6) is -0.377. The first-order chi connectivity index (χ1) is 7.79. The molecule has 0 aromatic heterocycles. The molecule has 2 bridgehead atoms. The van der Waals surface area contributed by atoms with Gasteiger partial charge in [0.15, 0.2) is 12.0 Å². The topological polar surface area (TPSA) is 46.6 Å². The smallest absolute Gasteiger partial charge is 0.410 e. The van der Waals surface area contributed by atoms with Gasteiger partial charge in [0, 0.05) is 12.5 Å². The summed E-state index contributed by atoms with van der Waals surface area (Å²) in [5.41, 5.74) is -0.593. The molecule has 0 radical (unpaired) electrons. The molecule has 3 atom stereocenters. The van der Waals surface area contributed by atoms with Crippen LogP contribution in [0.3, 0.4) is 0 Å². The van der Waals surface area contributed by atoms with Gasteiger partial charge in [0.1, 0.15) is 5.60 Å². The Balaban J connectivity index is 2.12. The van der Waals surface area contributed by atoms with Gasteiger partial charge in [-0.1, -0.05) is 0 Å². The molecule has 1 amide bonds. The van der Waals surface area contributed by atoms with E-state index in [2.05, 4.69) is 0 Å². The van der Waals surface area contributed by atoms with Crippen LogP contribution < -0.4 is 0 Å². The predicted octanol–water partition coefficient (Wildman–Crippen LogP) is 2.07. The first-order valence-electron chi connectivity index (χ1n) is 5.98. The molecule has 0 aromatic carbocycles. The van der Waals surface area contributed by atoms with Crippen molar-refractivity contribution in [3.8, 4) is 0 Å². The van der Waals surface area contributed by atoms with Gasteiger partial charge in [0.25, 0.3) is 0 Å². The van der Waals surface area contributed by atoms with Gasteiger partial charge in [0.05, 0.1) is 6.04 Å². The van der Waals surface area contributed by atoms with Crippen molar-refractivity contribution >= 4 is 11.9 Å². The quantitative estimate of drug-likeness (QED) is 0.654. The van der Waals surface area contributed by atoms with Crippen LogP contribution in [-0.4, -0.2) is 40.6 Å². The third-order valence-electron chi connectivity index (χ3n) is 3.23. The van der Waals surface area contributed by atoms with Crippen molar-refractivity contribution in [1.82, 2.24) is 4.90 Å². The van der Waals surface area contributed by atoms with Crippen molar-refractivity contribution in [3.63, 3.8) is 0 Å². The van der Waals surface area contributed by atoms with E-state index in [0.29, 0.717) is 12.8 Å². The van der Waals surface area contributed by atoms with Gasteiger partial charge in [0.2, 0.25) is 0 Å². The van der Waals surface area contributed by atoms with E-state index < -0.39 is 23.9 Å². The van der Waals surface area contributed by atoms with E-state index in [1.54, 1.807) is 20.8 Å². The highest BCUT2D eigenvalue weighted by molar-refractivity contribution is 5.87. The number of hydrogen-bond acceptors (Lipinski definition) is 3. The fourth-order valence-electron chi connectivity index (χ4n) is 2.56. The number of ether oxygens (including phenoxy) is 1. The van der Waals surface area contributed by atoms with Crippen LogP contribution in [0, 0.1) is 0 Å². The van der Waals surface area contributed by atoms with Gasteiger partial charge in [-0.15, -0.1) is 0 Å². The summed E-state index contributed by atoms with van der Waals surface area (Å²) in [6, 6.07) is -0.787. The van der Waals surface area contributed by atoms with E-state index in [1.165, 1.54) is 4.90 Å². The second-order valence-corrected chi connectivity index (χ2v) is 5.76. The number of alkyl halides is 1. The van der Waals surface area contributed by atoms with Gasteiger partial charge in [-0.2, -0.15) is 0 Å². The Kier molecular flexibility index (Phi) is 2.87. The maximum Gasteiger partial charge on any atom is 0.410 e. The van der Waals surface area contributed by atoms with Crippen LogP contribution in [0.1, 0.15) is 40.0 Å². The number of carbonyl (C=O) groups is 2. The van der Waals surface area contributed by atoms with Gasteiger partial charge in [-0.25, -0.2) is 9.18 Å². The first-order valence-corrected chi connectivity index (χ1v) is 5.98. The van der Waals surface area contributed by atoms with Gasteiger partial charge < -0.3 is 4.74 Å². The molecule has 0 saturated carbocycles. The molecule has 2 aliphatic heterocycles. The average Bonchev–Trinajstić information content (AvgIpc) is 2.51. The predicted molar refractivity (Wildman–Crippen MR) is 59.4 cm³/mol. The lowest BCUT2D eigenvalue weighted by Crippen LogP contribution is -2.54. The second-order valence-electron chi connectivity index (χ2n) is 5.76. The standard InChI is InChI=1S/C12H18FNO3/c1-12(2,3)17-11(16)14-7-4-5-8(14)10(13)9(15)6-7/h7-8,10H,4-6H2,1-3H3/t7-,8+,10+/m0/s1. The highest BCUT2D eigenvalue weighted by atomic mass is 19.1. The second kappa shape index (κ2) is 3.96. The van der Waals surface area contributed by atoms with E-state index in [1.807, 2.05) is 0 Å². The Labute approximate surface area is 100 Å². The third kappa shape index (κ3) is 2.28. The number of nitrogens with zero attached hydrogens (tertiary/aromatic N) is 1. The summed E-state index contributed by atoms with van der Waals surface area (Å²) >= 11 is 0. The molecular weight excluding hydrogens is 225 g/mol. The molecule has 2 rings (SSSR count). The number of halogens is 1. The van der Waals surface area contributed by atoms with Gasteiger partial charge in [-0.3, -0.25) is 9.69 Å². The highest BCUT2D eigenvalue weighted by Gasteiger charge is 2.50. The van der Waals surface area contributed by atoms with Crippen molar-refractivity contribution in [2.24, 2.45) is 0 Å². The molecule has 2 aliphatic rings. The summed E-state index contributed by atoms with van der Waals surface area (Å²) in [7, 11) is 0. The molecule has 2 fully saturated rings. The van der Waals surface area contributed by atoms with E-state index in [0.717, 1.165) is 0 Å². The summed E-state index contributed by atoms with van der Waals surface area (Å²) in [5, 5.41) is 0. The van der Waals surface area contributed by atoms with Crippen LogP contribution in [0.5, 0.6) is 0 Å². The summed E-state index contributed by atoms with van der Waals surface area (Å²) in [6.45, 7) is 5.32. The lowest BCUT2D eigenvalue weighted by molar-refractivity contribution is -0.130. The molecule has 2 heterocycles. The largest absolute Gasteiger partial charge is 0.444 e. The Morgan fingerprint density at radius 3 is 2.65 bits per heavy atom. The molecule has 0 aromatic rings. The van der Waals surface area contributed by atoms with Crippen LogP contribution >= 0.6 is 0 Å². The number of Topliss-reactive ketones (excluding diaryl/α,β-unsaturated/α-hetero) is 1. The monoisotopic (exact) mass is 243 g/mol. The number of fused-ring (bicyclic) bond motifs is 2. The maximum atomic E-state index is 13.7. The fraction of sp³-hybridized carbons (Fsp3) is 0.833. The number of amides is 1. The summed E-state index contributed by atoms with van der Waals surface area (Å²) in [4.78, 5) is 24.7. The Morgan fingerprint density at radius 1 is 1.41 bits per heavy atom. The molecule has 4 nitrogen and oxygen atoms in total. The summed E-state index contributed by atoms with van der Waals surface area (Å²) < 4.78 is 19.0. The van der Waals surface area contributed by atoms with Crippen molar-refractivity contribution in [1.29, 1.82) is 0 Å². The molecular formula is C12H18FNO3. The summed E-state index contributed by atoms with van der Waals surface area (Å²) in [6.07, 6.45) is -0.675. The SMILES string of the molecule is CC(C)(C)OC(=O)N1[C@H]2CC[C@@H]1[C@@H](F)C(=O)C2. The molecule has 96 valence electrons. The van der Waals surface area contributed by atoms with E-state index >= 15 is 0 Å². The number of carbonyl (C=O) groups excluding carboxylic acids is 2. The highest BCUT2D eigenvalue weighted by Crippen LogP contribution is 2.36. The van der Waals surface area contributed by atoms with Crippen molar-refractivity contribution < 1.29 is 18.7 Å². The lowest BCUT2D eigenvalue weighted by Gasteiger charge is -2.36. The lowest BCUT2D eigenvalue weighted by atomic mass is 10.0. The molecule has 0 N–H and O–H groups in total. The van der Waals surface area contributed by atoms with Crippen LogP contribution in [0.25, 0.3) is 0 Å². The third-order valence-corrected chi connectivity index (χ3v) is 3.23. The number of hydrogen-bond donors (Lipinski definition) is 0. The Morgan fingerprint density at radius 2 is 2.06 bits per heavy atom. The minimum Gasteiger partial charge on any atom is -0.444 e. The zero-order chi connectivity index (χ0) is 12.8. The van der Waals surface area contributed by atoms with Gasteiger partial charge in [-0.05, 0) is 33.6 Å².